The molecule has 0 aromatic carbocycles. The first-order chi connectivity index (χ1) is 7.16. The Bertz CT molecular complexity index is 365. The second kappa shape index (κ2) is 9.48. The van der Waals surface area contributed by atoms with Crippen molar-refractivity contribution in [3.05, 3.63) is 17.8 Å². The minimum atomic E-state index is -0.319. The van der Waals surface area contributed by atoms with Crippen LogP contribution in [0.15, 0.2) is 22.8 Å². The Morgan fingerprint density at radius 2 is 1.42 bits per heavy atom. The molecular weight excluding hydrogens is 415 g/mol. The van der Waals surface area contributed by atoms with Gasteiger partial charge in [0.2, 0.25) is 0 Å². The predicted molar refractivity (Wildman–Crippen MR) is 62.8 cm³/mol. The molecule has 4 nitrogen and oxygen atoms in total. The van der Waals surface area contributed by atoms with Crippen molar-refractivity contribution in [2.24, 2.45) is 4.99 Å². The molecule has 0 atom stereocenters. The maximum Gasteiger partial charge on any atom is 0.321 e. The van der Waals surface area contributed by atoms with E-state index in [9.17, 15) is 0 Å². The van der Waals surface area contributed by atoms with Crippen LogP contribution in [-0.4, -0.2) is 17.2 Å². The van der Waals surface area contributed by atoms with Gasteiger partial charge in [-0.2, -0.15) is 10.3 Å². The van der Waals surface area contributed by atoms with Crippen molar-refractivity contribution in [3.63, 3.8) is 0 Å². The van der Waals surface area contributed by atoms with Crippen LogP contribution in [-0.2, 0) is 9.47 Å². The summed E-state index contributed by atoms with van der Waals surface area (Å²) in [6.07, 6.45) is 1.51. The second-order valence-electron chi connectivity index (χ2n) is 5.53. The topological polar surface area (TPSA) is 44.9 Å². The van der Waals surface area contributed by atoms with Crippen molar-refractivity contribution in [3.8, 4) is 0 Å². The van der Waals surface area contributed by atoms with Crippen LogP contribution < -0.4 is 30.1 Å². The smallest absolute Gasteiger partial charge is 0.321 e. The number of rotatable bonds is 1. The zero-order chi connectivity index (χ0) is 12.4. The summed E-state index contributed by atoms with van der Waals surface area (Å²) >= 11 is 0. The number of amidine groups is 1. The summed E-state index contributed by atoms with van der Waals surface area (Å²) in [4.78, 5) is 3.99. The maximum atomic E-state index is 5.57. The Kier molecular flexibility index (Phi) is 12.2. The SMILES string of the molecule is CC(C)(C)OC1=C=CN=C(OC(C)(C)C)[N]1.[Ce].[Cl-].[Cl-]. The summed E-state index contributed by atoms with van der Waals surface area (Å²) in [6, 6.07) is 0.311. The second-order valence-corrected chi connectivity index (χ2v) is 5.53. The third kappa shape index (κ3) is 12.0. The molecule has 0 saturated carbocycles. The van der Waals surface area contributed by atoms with Gasteiger partial charge in [-0.05, 0) is 47.3 Å². The quantitative estimate of drug-likeness (QED) is 0.404. The Morgan fingerprint density at radius 3 is 1.84 bits per heavy atom. The third-order valence-corrected chi connectivity index (χ3v) is 1.36. The number of aliphatic imine (C=N–C) groups is 1. The molecule has 0 bridgehead atoms. The van der Waals surface area contributed by atoms with Crippen LogP contribution in [0.3, 0.4) is 0 Å². The Balaban J connectivity index is -0.000000853. The predicted octanol–water partition coefficient (Wildman–Crippen LogP) is -3.45. The third-order valence-electron chi connectivity index (χ3n) is 1.36. The van der Waals surface area contributed by atoms with Crippen molar-refractivity contribution in [2.45, 2.75) is 52.7 Å². The number of hydrogen-bond donors (Lipinski definition) is 0. The molecule has 19 heavy (non-hydrogen) atoms. The van der Waals surface area contributed by atoms with Gasteiger partial charge in [0, 0.05) is 41.7 Å². The summed E-state index contributed by atoms with van der Waals surface area (Å²) in [5.41, 5.74) is 2.21. The van der Waals surface area contributed by atoms with Crippen LogP contribution in [0.5, 0.6) is 0 Å². The molecule has 0 fully saturated rings. The molecule has 1 aliphatic heterocycles. The normalized spacial score (nSPS) is 13.6. The summed E-state index contributed by atoms with van der Waals surface area (Å²) in [7, 11) is 0. The van der Waals surface area contributed by atoms with Crippen LogP contribution in [0.2, 0.25) is 0 Å². The van der Waals surface area contributed by atoms with Crippen molar-refractivity contribution in [1.29, 1.82) is 0 Å². The first-order valence-corrected chi connectivity index (χ1v) is 5.28. The van der Waals surface area contributed by atoms with Crippen molar-refractivity contribution in [2.75, 3.05) is 0 Å². The number of nitrogens with zero attached hydrogens (tertiary/aromatic N) is 2. The van der Waals surface area contributed by atoms with E-state index in [0.717, 1.165) is 0 Å². The van der Waals surface area contributed by atoms with E-state index in [-0.39, 0.29) is 77.8 Å². The average Bonchev–Trinajstić information content (AvgIpc) is 1.96. The van der Waals surface area contributed by atoms with E-state index in [4.69, 9.17) is 9.47 Å². The molecule has 0 aromatic rings. The van der Waals surface area contributed by atoms with Gasteiger partial charge in [0.25, 0.3) is 5.88 Å². The molecule has 0 spiro atoms. The van der Waals surface area contributed by atoms with Crippen LogP contribution in [0, 0.1) is 41.7 Å². The minimum Gasteiger partial charge on any atom is -1.00 e. The Hall–Kier alpha value is 0.547. The molecule has 7 heteroatoms. The van der Waals surface area contributed by atoms with E-state index in [1.807, 2.05) is 41.5 Å². The monoisotopic (exact) mass is 433 g/mol. The first-order valence-electron chi connectivity index (χ1n) is 5.28. The standard InChI is InChI=1S/C12H19N2O2.Ce.2ClH/c1-11(2,3)15-9-7-8-13-10(14-9)16-12(4,5)6;;;/h8H,1-6H3;;2*1H/p-2. The van der Waals surface area contributed by atoms with E-state index < -0.39 is 0 Å². The van der Waals surface area contributed by atoms with Gasteiger partial charge >= 0.3 is 6.02 Å². The molecule has 1 aliphatic rings. The minimum absolute atomic E-state index is 0. The van der Waals surface area contributed by atoms with E-state index in [0.29, 0.717) is 11.9 Å². The van der Waals surface area contributed by atoms with Crippen molar-refractivity contribution in [1.82, 2.24) is 5.32 Å². The van der Waals surface area contributed by atoms with Crippen molar-refractivity contribution >= 4 is 6.02 Å². The van der Waals surface area contributed by atoms with Crippen LogP contribution >= 0.6 is 0 Å². The fraction of sp³-hybridized carbons (Fsp3) is 0.667. The van der Waals surface area contributed by atoms with E-state index in [2.05, 4.69) is 16.0 Å². The van der Waals surface area contributed by atoms with Crippen molar-refractivity contribution < 1.29 is 76.0 Å². The molecule has 0 unspecified atom stereocenters. The fourth-order valence-electron chi connectivity index (χ4n) is 0.956. The molecule has 1 rings (SSSR count). The number of halogens is 2. The van der Waals surface area contributed by atoms with Gasteiger partial charge in [-0.15, -0.1) is 0 Å². The van der Waals surface area contributed by atoms with Gasteiger partial charge in [0.15, 0.2) is 0 Å². The summed E-state index contributed by atoms with van der Waals surface area (Å²) in [5, 5.41) is 4.13. The molecule has 1 radical (unpaired) electrons. The molecule has 0 aliphatic carbocycles. The zero-order valence-electron chi connectivity index (χ0n) is 12.0. The molecule has 0 N–H and O–H groups in total. The zero-order valence-corrected chi connectivity index (χ0v) is 16.7. The maximum absolute atomic E-state index is 5.57. The van der Waals surface area contributed by atoms with E-state index in [1.54, 1.807) is 0 Å². The van der Waals surface area contributed by atoms with Gasteiger partial charge in [0.05, 0.1) is 6.20 Å². The number of hydrogen-bond acceptors (Lipinski definition) is 3. The fourth-order valence-corrected chi connectivity index (χ4v) is 0.956. The molecule has 1 heterocycles. The molecule has 0 saturated heterocycles. The first kappa shape index (κ1) is 24.6. The summed E-state index contributed by atoms with van der Waals surface area (Å²) in [5.74, 6) is 0.404. The molecular formula is C12H19CeCl2N2O2-2. The largest absolute Gasteiger partial charge is 1.00 e. The summed E-state index contributed by atoms with van der Waals surface area (Å²) in [6.45, 7) is 11.7. The Morgan fingerprint density at radius 1 is 0.947 bits per heavy atom. The van der Waals surface area contributed by atoms with Crippen LogP contribution in [0.25, 0.3) is 0 Å². The van der Waals surface area contributed by atoms with Gasteiger partial charge in [0.1, 0.15) is 11.2 Å². The van der Waals surface area contributed by atoms with Crippen LogP contribution in [0.1, 0.15) is 41.5 Å². The molecule has 0 aromatic heterocycles. The van der Waals surface area contributed by atoms with Gasteiger partial charge in [-0.1, -0.05) is 0 Å². The Labute approximate surface area is 161 Å². The van der Waals surface area contributed by atoms with E-state index in [1.165, 1.54) is 6.20 Å². The van der Waals surface area contributed by atoms with E-state index >= 15 is 0 Å². The van der Waals surface area contributed by atoms with Gasteiger partial charge in [-0.25, -0.2) is 0 Å². The van der Waals surface area contributed by atoms with Gasteiger partial charge in [-0.3, -0.25) is 0 Å². The van der Waals surface area contributed by atoms with Crippen LogP contribution in [0.4, 0.5) is 0 Å². The average molecular weight is 434 g/mol. The molecule has 0 amide bonds. The summed E-state index contributed by atoms with van der Waals surface area (Å²) < 4.78 is 11.1. The van der Waals surface area contributed by atoms with Gasteiger partial charge < -0.3 is 34.3 Å². The molecule has 109 valence electrons. The number of ether oxygens (including phenoxy) is 2.